The fraction of sp³-hybridized carbons (Fsp3) is 0.0536. The summed E-state index contributed by atoms with van der Waals surface area (Å²) in [6.07, 6.45) is 22.1. The van der Waals surface area contributed by atoms with Crippen LogP contribution in [0.2, 0.25) is 0 Å². The Balaban J connectivity index is 0.000000180. The number of fused-ring (bicyclic) bond motifs is 2. The van der Waals surface area contributed by atoms with E-state index in [4.69, 9.17) is 0 Å². The molecule has 0 aliphatic carbocycles. The molecule has 0 spiro atoms. The minimum Gasteiger partial charge on any atom is -0.310 e. The minimum atomic E-state index is 1.11. The molecule has 0 saturated heterocycles. The molecule has 0 saturated carbocycles. The zero-order valence-corrected chi connectivity index (χ0v) is 65.6. The third-order valence-corrected chi connectivity index (χ3v) is 21.0. The van der Waals surface area contributed by atoms with Gasteiger partial charge < -0.3 is 9.80 Å². The van der Waals surface area contributed by atoms with E-state index in [0.717, 1.165) is 45.3 Å². The van der Waals surface area contributed by atoms with Crippen molar-refractivity contribution in [3.05, 3.63) is 525 Å². The van der Waals surface area contributed by atoms with Crippen molar-refractivity contribution in [3.8, 4) is 0 Å². The van der Waals surface area contributed by atoms with Crippen LogP contribution in [0.15, 0.2) is 425 Å². The van der Waals surface area contributed by atoms with Gasteiger partial charge >= 0.3 is 0 Å². The SMILES string of the molecule is Cc1ccc(C(=Cc2ccc(N(c3ccc(/C=C/C=C(c4ccccc4)c4ccccc4)cc3)c3ccc(C)cc3C)c3ccccc23)c2ccc(C)cc2)cc1.Cc1ccc(N(c2ccc(/C=C/C=C(c3ccccc3)c3ccccc3)cc2)c2ccc(/C=C/C=C(c3ccccc3)c3ccccc3)c3ccccc23)c(C)c1. The number of anilines is 6. The molecular formula is C112H92N2. The molecular weight excluding hydrogens is 1370 g/mol. The van der Waals surface area contributed by atoms with Crippen molar-refractivity contribution in [1.82, 2.24) is 0 Å². The summed E-state index contributed by atoms with van der Waals surface area (Å²) >= 11 is 0. The Morgan fingerprint density at radius 3 is 0.816 bits per heavy atom. The van der Waals surface area contributed by atoms with Gasteiger partial charge in [-0.15, -0.1) is 0 Å². The molecule has 16 rings (SSSR count). The lowest BCUT2D eigenvalue weighted by Crippen LogP contribution is -2.12. The molecule has 0 bridgehead atoms. The molecule has 0 aromatic heterocycles. The van der Waals surface area contributed by atoms with Crippen LogP contribution in [0.4, 0.5) is 34.1 Å². The largest absolute Gasteiger partial charge is 0.310 e. The van der Waals surface area contributed by atoms with Gasteiger partial charge in [0.2, 0.25) is 0 Å². The molecule has 0 aliphatic rings. The van der Waals surface area contributed by atoms with Crippen molar-refractivity contribution in [2.45, 2.75) is 41.5 Å². The summed E-state index contributed by atoms with van der Waals surface area (Å²) in [5.74, 6) is 0. The first-order valence-electron chi connectivity index (χ1n) is 39.4. The monoisotopic (exact) mass is 1460 g/mol. The first kappa shape index (κ1) is 75.2. The van der Waals surface area contributed by atoms with Crippen molar-refractivity contribution in [2.24, 2.45) is 0 Å². The van der Waals surface area contributed by atoms with Gasteiger partial charge in [-0.1, -0.05) is 417 Å². The van der Waals surface area contributed by atoms with Gasteiger partial charge in [0, 0.05) is 33.5 Å². The zero-order chi connectivity index (χ0) is 78.0. The van der Waals surface area contributed by atoms with E-state index in [0.29, 0.717) is 0 Å². The normalized spacial score (nSPS) is 11.1. The highest BCUT2D eigenvalue weighted by Gasteiger charge is 2.22. The van der Waals surface area contributed by atoms with Crippen LogP contribution in [-0.2, 0) is 0 Å². The van der Waals surface area contributed by atoms with E-state index in [1.54, 1.807) is 0 Å². The van der Waals surface area contributed by atoms with Gasteiger partial charge in [-0.2, -0.15) is 0 Å². The van der Waals surface area contributed by atoms with E-state index in [-0.39, 0.29) is 0 Å². The number of rotatable bonds is 21. The second kappa shape index (κ2) is 36.1. The molecule has 0 fully saturated rings. The molecule has 0 unspecified atom stereocenters. The number of allylic oxidation sites excluding steroid dienone is 6. The van der Waals surface area contributed by atoms with Crippen molar-refractivity contribution in [2.75, 3.05) is 9.80 Å². The third kappa shape index (κ3) is 18.0. The average Bonchev–Trinajstić information content (AvgIpc) is 0.765. The molecule has 550 valence electrons. The van der Waals surface area contributed by atoms with Gasteiger partial charge in [-0.25, -0.2) is 0 Å². The van der Waals surface area contributed by atoms with Gasteiger partial charge in [0.05, 0.1) is 11.4 Å². The van der Waals surface area contributed by atoms with E-state index < -0.39 is 0 Å². The molecule has 2 heteroatoms. The Morgan fingerprint density at radius 1 is 0.211 bits per heavy atom. The standard InChI is InChI=1S/C56H47N.C56H45N/c1-40-22-29-47(30-23-40)54(48-31-24-41(2)25-32-48)39-49-33-37-56(53-20-12-11-19-52(49)53)57(55-36-26-42(3)38-43(55)4)50-34-27-44(28-35-50)14-13-21-51(45-15-7-5-8-16-45)46-17-9-6-10-18-46;1-42-33-39-55(43(2)41-42)57(50-37-34-44(35-38-50)19-17-31-51(45-20-7-3-8-21-45)46-22-9-4-10-23-46)56-40-36-49(53-29-15-16-30-54(53)56)28-18-32-52(47-24-11-5-12-25-47)48-26-13-6-14-27-48/h5-39H,1-4H3;3-41H,1-2H3/b14-13+;19-17+,28-18+. The highest BCUT2D eigenvalue weighted by Crippen LogP contribution is 2.45. The Hall–Kier alpha value is -14.2. The molecule has 0 N–H and O–H groups in total. The Bertz CT molecular complexity index is 6010. The number of hydrogen-bond donors (Lipinski definition) is 0. The van der Waals surface area contributed by atoms with Crippen molar-refractivity contribution in [3.63, 3.8) is 0 Å². The summed E-state index contributed by atoms with van der Waals surface area (Å²) in [7, 11) is 0. The predicted molar refractivity (Wildman–Crippen MR) is 493 cm³/mol. The molecule has 0 aliphatic heterocycles. The second-order valence-electron chi connectivity index (χ2n) is 29.2. The molecule has 16 aromatic rings. The topological polar surface area (TPSA) is 6.48 Å². The Labute approximate surface area is 674 Å². The summed E-state index contributed by atoms with van der Waals surface area (Å²) < 4.78 is 0. The van der Waals surface area contributed by atoms with E-state index in [9.17, 15) is 0 Å². The van der Waals surface area contributed by atoms with Crippen molar-refractivity contribution in [1.29, 1.82) is 0 Å². The minimum absolute atomic E-state index is 1.11. The van der Waals surface area contributed by atoms with E-state index >= 15 is 0 Å². The van der Waals surface area contributed by atoms with Crippen LogP contribution < -0.4 is 9.80 Å². The summed E-state index contributed by atoms with van der Waals surface area (Å²) in [6, 6.07) is 139. The Morgan fingerprint density at radius 2 is 0.482 bits per heavy atom. The average molecular weight is 1470 g/mol. The number of hydrogen-bond acceptors (Lipinski definition) is 2. The van der Waals surface area contributed by atoms with E-state index in [2.05, 4.69) is 500 Å². The summed E-state index contributed by atoms with van der Waals surface area (Å²) in [5.41, 5.74) is 33.3. The van der Waals surface area contributed by atoms with Gasteiger partial charge in [0.15, 0.2) is 0 Å². The first-order valence-corrected chi connectivity index (χ1v) is 39.4. The third-order valence-electron chi connectivity index (χ3n) is 21.0. The maximum Gasteiger partial charge on any atom is 0.0540 e. The van der Waals surface area contributed by atoms with Crippen LogP contribution in [0.1, 0.15) is 100 Å². The van der Waals surface area contributed by atoms with Crippen molar-refractivity contribution >= 4 is 102 Å². The van der Waals surface area contributed by atoms with Crippen LogP contribution in [-0.4, -0.2) is 0 Å². The highest BCUT2D eigenvalue weighted by atomic mass is 15.2. The molecule has 0 heterocycles. The second-order valence-corrected chi connectivity index (χ2v) is 29.2. The van der Waals surface area contributed by atoms with Gasteiger partial charge in [0.25, 0.3) is 0 Å². The summed E-state index contributed by atoms with van der Waals surface area (Å²) in [6.45, 7) is 13.0. The lowest BCUT2D eigenvalue weighted by molar-refractivity contribution is 1.25. The van der Waals surface area contributed by atoms with Crippen LogP contribution in [0, 0.1) is 41.5 Å². The molecule has 2 nitrogen and oxygen atoms in total. The van der Waals surface area contributed by atoms with Crippen LogP contribution >= 0.6 is 0 Å². The van der Waals surface area contributed by atoms with E-state index in [1.807, 2.05) is 0 Å². The number of aryl methyl sites for hydroxylation is 6. The number of nitrogens with zero attached hydrogens (tertiary/aromatic N) is 2. The van der Waals surface area contributed by atoms with Crippen LogP contribution in [0.3, 0.4) is 0 Å². The Kier molecular flexibility index (Phi) is 23.8. The molecule has 16 aromatic carbocycles. The van der Waals surface area contributed by atoms with Crippen molar-refractivity contribution < 1.29 is 0 Å². The molecule has 0 radical (unpaired) electrons. The predicted octanol–water partition coefficient (Wildman–Crippen LogP) is 30.5. The fourth-order valence-corrected chi connectivity index (χ4v) is 15.2. The fourth-order valence-electron chi connectivity index (χ4n) is 15.2. The quantitative estimate of drug-likeness (QED) is 0.0523. The molecule has 0 atom stereocenters. The van der Waals surface area contributed by atoms with E-state index in [1.165, 1.54) is 133 Å². The number of benzene rings is 16. The summed E-state index contributed by atoms with van der Waals surface area (Å²) in [4.78, 5) is 4.82. The summed E-state index contributed by atoms with van der Waals surface area (Å²) in [5, 5.41) is 4.80. The van der Waals surface area contributed by atoms with Gasteiger partial charge in [-0.3, -0.25) is 0 Å². The lowest BCUT2D eigenvalue weighted by Gasteiger charge is -2.29. The molecule has 114 heavy (non-hydrogen) atoms. The smallest absolute Gasteiger partial charge is 0.0540 e. The zero-order valence-electron chi connectivity index (χ0n) is 65.6. The van der Waals surface area contributed by atoms with Crippen LogP contribution in [0.5, 0.6) is 0 Å². The molecule has 0 amide bonds. The van der Waals surface area contributed by atoms with Gasteiger partial charge in [-0.05, 0) is 207 Å². The highest BCUT2D eigenvalue weighted by molar-refractivity contribution is 6.07. The van der Waals surface area contributed by atoms with Crippen LogP contribution in [0.25, 0.3) is 68.1 Å². The lowest BCUT2D eigenvalue weighted by atomic mass is 9.92. The van der Waals surface area contributed by atoms with Gasteiger partial charge in [0.1, 0.15) is 0 Å². The maximum atomic E-state index is 2.42. The maximum absolute atomic E-state index is 2.42. The first-order chi connectivity index (χ1) is 56.0.